The summed E-state index contributed by atoms with van der Waals surface area (Å²) in [6.45, 7) is 1.72. The molecule has 0 rings (SSSR count). The van der Waals surface area contributed by atoms with E-state index in [4.69, 9.17) is 10.6 Å². The molecule has 0 radical (unpaired) electrons. The number of carbonyl (C=O) groups excluding carboxylic acids is 1. The van der Waals surface area contributed by atoms with Crippen molar-refractivity contribution < 1.29 is 10.0 Å². The van der Waals surface area contributed by atoms with Crippen LogP contribution in [0.25, 0.3) is 0 Å². The van der Waals surface area contributed by atoms with Gasteiger partial charge in [-0.15, -0.1) is 0 Å². The molecule has 0 aliphatic carbocycles. The van der Waals surface area contributed by atoms with Gasteiger partial charge in [-0.05, 0) is 0 Å². The van der Waals surface area contributed by atoms with Crippen molar-refractivity contribution in [3.8, 4) is 0 Å². The summed E-state index contributed by atoms with van der Waals surface area (Å²) in [7, 11) is 0. The van der Waals surface area contributed by atoms with E-state index in [0.29, 0.717) is 6.42 Å². The Morgan fingerprint density at radius 2 is 2.33 bits per heavy atom. The van der Waals surface area contributed by atoms with E-state index in [0.717, 1.165) is 0 Å². The zero-order valence-corrected chi connectivity index (χ0v) is 5.27. The predicted octanol–water partition coefficient (Wildman–Crippen LogP) is 0.312. The smallest absolute Gasteiger partial charge is 0.140 e. The van der Waals surface area contributed by atoms with Crippen LogP contribution < -0.4 is 5.48 Å². The summed E-state index contributed by atoms with van der Waals surface area (Å²) < 4.78 is 0. The highest BCUT2D eigenvalue weighted by molar-refractivity contribution is 5.98. The minimum absolute atomic E-state index is 0.00694. The number of rotatable bonds is 3. The molecule has 0 spiro atoms. The van der Waals surface area contributed by atoms with Crippen molar-refractivity contribution in [1.29, 1.82) is 5.41 Å². The molecule has 0 aromatic heterocycles. The molecule has 4 heteroatoms. The SMILES string of the molecule is CCC(=O)CC(=N)NO. The minimum atomic E-state index is -0.151. The second-order valence-electron chi connectivity index (χ2n) is 1.66. The second-order valence-corrected chi connectivity index (χ2v) is 1.66. The molecule has 0 aliphatic heterocycles. The molecule has 0 aromatic rings. The van der Waals surface area contributed by atoms with Gasteiger partial charge >= 0.3 is 0 Å². The first kappa shape index (κ1) is 8.10. The molecule has 0 saturated carbocycles. The summed E-state index contributed by atoms with van der Waals surface area (Å²) in [5.74, 6) is -0.205. The summed E-state index contributed by atoms with van der Waals surface area (Å²) in [5, 5.41) is 14.8. The lowest BCUT2D eigenvalue weighted by molar-refractivity contribution is -0.117. The highest BCUT2D eigenvalue weighted by Crippen LogP contribution is 1.86. The molecule has 0 unspecified atom stereocenters. The third kappa shape index (κ3) is 3.66. The van der Waals surface area contributed by atoms with E-state index in [-0.39, 0.29) is 18.0 Å². The lowest BCUT2D eigenvalue weighted by Crippen LogP contribution is -2.20. The van der Waals surface area contributed by atoms with E-state index in [2.05, 4.69) is 0 Å². The van der Waals surface area contributed by atoms with Crippen LogP contribution in [-0.2, 0) is 4.79 Å². The van der Waals surface area contributed by atoms with Gasteiger partial charge in [0.05, 0.1) is 6.42 Å². The summed E-state index contributed by atoms with van der Waals surface area (Å²) in [4.78, 5) is 10.5. The van der Waals surface area contributed by atoms with Crippen molar-refractivity contribution in [2.45, 2.75) is 19.8 Å². The topological polar surface area (TPSA) is 73.2 Å². The lowest BCUT2D eigenvalue weighted by Gasteiger charge is -1.96. The van der Waals surface area contributed by atoms with Crippen molar-refractivity contribution in [1.82, 2.24) is 5.48 Å². The fraction of sp³-hybridized carbons (Fsp3) is 0.600. The Morgan fingerprint density at radius 1 is 1.78 bits per heavy atom. The van der Waals surface area contributed by atoms with Gasteiger partial charge in [-0.25, -0.2) is 0 Å². The Labute approximate surface area is 53.3 Å². The normalized spacial score (nSPS) is 8.67. The van der Waals surface area contributed by atoms with Crippen molar-refractivity contribution in [3.63, 3.8) is 0 Å². The number of hydrogen-bond donors (Lipinski definition) is 3. The van der Waals surface area contributed by atoms with E-state index in [1.807, 2.05) is 0 Å². The summed E-state index contributed by atoms with van der Waals surface area (Å²) in [5.41, 5.74) is 1.59. The van der Waals surface area contributed by atoms with E-state index < -0.39 is 0 Å². The molecule has 0 amide bonds. The molecule has 9 heavy (non-hydrogen) atoms. The molecule has 3 N–H and O–H groups in total. The van der Waals surface area contributed by atoms with Crippen LogP contribution in [0.2, 0.25) is 0 Å². The second kappa shape index (κ2) is 4.03. The van der Waals surface area contributed by atoms with Gasteiger partial charge in [-0.2, -0.15) is 0 Å². The van der Waals surface area contributed by atoms with Gasteiger partial charge in [0.2, 0.25) is 0 Å². The van der Waals surface area contributed by atoms with Crippen LogP contribution in [0.4, 0.5) is 0 Å². The average molecular weight is 130 g/mol. The monoisotopic (exact) mass is 130 g/mol. The standard InChI is InChI=1S/C5H10N2O2/c1-2-4(8)3-5(6)7-9/h9H,2-3H2,1H3,(H2,6,7). The van der Waals surface area contributed by atoms with E-state index >= 15 is 0 Å². The first-order valence-electron chi connectivity index (χ1n) is 2.70. The number of Topliss-reactive ketones (excluding diaryl/α,β-unsaturated/α-hetero) is 1. The first-order chi connectivity index (χ1) is 4.20. The first-order valence-corrected chi connectivity index (χ1v) is 2.70. The Balaban J connectivity index is 3.47. The van der Waals surface area contributed by atoms with Crippen molar-refractivity contribution in [2.24, 2.45) is 0 Å². The number of carbonyl (C=O) groups is 1. The van der Waals surface area contributed by atoms with Gasteiger partial charge in [-0.3, -0.25) is 20.9 Å². The van der Waals surface area contributed by atoms with E-state index in [1.54, 1.807) is 12.4 Å². The number of amidine groups is 1. The number of hydrogen-bond acceptors (Lipinski definition) is 3. The molecular formula is C5H10N2O2. The minimum Gasteiger partial charge on any atom is -0.299 e. The van der Waals surface area contributed by atoms with Gasteiger partial charge in [0.1, 0.15) is 11.6 Å². The predicted molar refractivity (Wildman–Crippen MR) is 32.6 cm³/mol. The number of hydroxylamine groups is 1. The third-order valence-electron chi connectivity index (χ3n) is 0.903. The highest BCUT2D eigenvalue weighted by Gasteiger charge is 2.00. The maximum atomic E-state index is 10.5. The number of ketones is 1. The Kier molecular flexibility index (Phi) is 3.62. The van der Waals surface area contributed by atoms with Gasteiger partial charge in [0.25, 0.3) is 0 Å². The van der Waals surface area contributed by atoms with Gasteiger partial charge in [0.15, 0.2) is 0 Å². The third-order valence-corrected chi connectivity index (χ3v) is 0.903. The van der Waals surface area contributed by atoms with E-state index in [9.17, 15) is 4.79 Å². The number of nitrogens with one attached hydrogen (secondary N) is 2. The van der Waals surface area contributed by atoms with Gasteiger partial charge < -0.3 is 0 Å². The molecule has 0 saturated heterocycles. The van der Waals surface area contributed by atoms with Crippen molar-refractivity contribution in [3.05, 3.63) is 0 Å². The molecule has 52 valence electrons. The summed E-state index contributed by atoms with van der Waals surface area (Å²) in [6.07, 6.45) is 0.400. The average Bonchev–Trinajstić information content (AvgIpc) is 1.87. The van der Waals surface area contributed by atoms with Crippen LogP contribution in [0.1, 0.15) is 19.8 Å². The fourth-order valence-corrected chi connectivity index (χ4v) is 0.362. The van der Waals surface area contributed by atoms with Crippen LogP contribution >= 0.6 is 0 Å². The van der Waals surface area contributed by atoms with E-state index in [1.165, 1.54) is 0 Å². The molecule has 0 aromatic carbocycles. The van der Waals surface area contributed by atoms with Gasteiger partial charge in [0, 0.05) is 6.42 Å². The fourth-order valence-electron chi connectivity index (χ4n) is 0.362. The Hall–Kier alpha value is -0.900. The van der Waals surface area contributed by atoms with Gasteiger partial charge in [-0.1, -0.05) is 6.92 Å². The Morgan fingerprint density at radius 3 is 2.67 bits per heavy atom. The van der Waals surface area contributed by atoms with Crippen LogP contribution in [0.15, 0.2) is 0 Å². The zero-order chi connectivity index (χ0) is 7.28. The molecule has 0 aliphatic rings. The van der Waals surface area contributed by atoms with Crippen LogP contribution in [0, 0.1) is 5.41 Å². The van der Waals surface area contributed by atoms with Crippen molar-refractivity contribution >= 4 is 11.6 Å². The molecule has 4 nitrogen and oxygen atoms in total. The zero-order valence-electron chi connectivity index (χ0n) is 5.27. The summed E-state index contributed by atoms with van der Waals surface area (Å²) >= 11 is 0. The molecule has 0 heterocycles. The molecule has 0 fully saturated rings. The quantitative estimate of drug-likeness (QED) is 0.292. The van der Waals surface area contributed by atoms with Crippen LogP contribution in [-0.4, -0.2) is 16.8 Å². The maximum Gasteiger partial charge on any atom is 0.140 e. The van der Waals surface area contributed by atoms with Crippen molar-refractivity contribution in [2.75, 3.05) is 0 Å². The summed E-state index contributed by atoms with van der Waals surface area (Å²) in [6, 6.07) is 0. The maximum absolute atomic E-state index is 10.5. The molecule has 0 bridgehead atoms. The molecular weight excluding hydrogens is 120 g/mol. The molecule has 0 atom stereocenters. The largest absolute Gasteiger partial charge is 0.299 e. The van der Waals surface area contributed by atoms with Crippen LogP contribution in [0.5, 0.6) is 0 Å². The highest BCUT2D eigenvalue weighted by atomic mass is 16.5. The van der Waals surface area contributed by atoms with Crippen LogP contribution in [0.3, 0.4) is 0 Å². The lowest BCUT2D eigenvalue weighted by atomic mass is 10.2. The Bertz CT molecular complexity index is 108.